The molecule has 1 nitrogen and oxygen atoms in total. The molecule has 0 saturated heterocycles. The molecular weight excluding hydrogens is 172 g/mol. The van der Waals surface area contributed by atoms with Crippen LogP contribution in [0.1, 0.15) is 24.8 Å². The zero-order chi connectivity index (χ0) is 9.86. The average Bonchev–Trinajstić information content (AvgIpc) is 3.00. The van der Waals surface area contributed by atoms with Crippen LogP contribution in [-0.4, -0.2) is 6.29 Å². The van der Waals surface area contributed by atoms with Crippen LogP contribution in [0.2, 0.25) is 0 Å². The Labute approximate surface area is 84.1 Å². The molecule has 1 aliphatic carbocycles. The van der Waals surface area contributed by atoms with Crippen molar-refractivity contribution in [1.82, 2.24) is 0 Å². The third-order valence-corrected chi connectivity index (χ3v) is 2.59. The minimum atomic E-state index is -0.0816. The quantitative estimate of drug-likeness (QED) is 0.509. The average molecular weight is 184 g/mol. The van der Waals surface area contributed by atoms with Crippen LogP contribution < -0.4 is 0 Å². The molecule has 1 fully saturated rings. The molecule has 1 saturated carbocycles. The van der Waals surface area contributed by atoms with Crippen LogP contribution in [0.4, 0.5) is 0 Å². The standard InChI is InChI=1S/C13H12O/c14-11-13(9-10-13)8-4-7-12-5-2-1-3-6-12/h1-3,5-6,11H,8-10H2. The van der Waals surface area contributed by atoms with Crippen LogP contribution in [0.25, 0.3) is 0 Å². The van der Waals surface area contributed by atoms with Crippen molar-refractivity contribution in [2.45, 2.75) is 19.3 Å². The lowest BCUT2D eigenvalue weighted by molar-refractivity contribution is -0.112. The highest BCUT2D eigenvalue weighted by atomic mass is 16.1. The number of hydrogen-bond acceptors (Lipinski definition) is 1. The zero-order valence-electron chi connectivity index (χ0n) is 7.99. The Kier molecular flexibility index (Phi) is 2.37. The van der Waals surface area contributed by atoms with E-state index in [1.54, 1.807) is 0 Å². The fourth-order valence-electron chi connectivity index (χ4n) is 1.34. The summed E-state index contributed by atoms with van der Waals surface area (Å²) in [4.78, 5) is 10.7. The van der Waals surface area contributed by atoms with Crippen LogP contribution in [0.15, 0.2) is 30.3 Å². The Hall–Kier alpha value is -1.55. The molecule has 0 spiro atoms. The van der Waals surface area contributed by atoms with Crippen LogP contribution in [-0.2, 0) is 4.79 Å². The predicted molar refractivity (Wildman–Crippen MR) is 55.7 cm³/mol. The molecule has 0 bridgehead atoms. The van der Waals surface area contributed by atoms with E-state index in [1.165, 1.54) is 0 Å². The van der Waals surface area contributed by atoms with Gasteiger partial charge in [-0.1, -0.05) is 30.0 Å². The Morgan fingerprint density at radius 1 is 1.29 bits per heavy atom. The number of carbonyl (C=O) groups excluding carboxylic acids is 1. The minimum absolute atomic E-state index is 0.0816. The molecule has 1 aromatic rings. The molecule has 0 unspecified atom stereocenters. The first-order valence-corrected chi connectivity index (χ1v) is 4.85. The van der Waals surface area contributed by atoms with E-state index in [0.29, 0.717) is 6.42 Å². The Morgan fingerprint density at radius 2 is 2.00 bits per heavy atom. The first kappa shape index (κ1) is 9.02. The van der Waals surface area contributed by atoms with Gasteiger partial charge in [-0.15, -0.1) is 0 Å². The molecule has 0 N–H and O–H groups in total. The number of carbonyl (C=O) groups is 1. The summed E-state index contributed by atoms with van der Waals surface area (Å²) in [6.07, 6.45) is 3.80. The largest absolute Gasteiger partial charge is 0.303 e. The summed E-state index contributed by atoms with van der Waals surface area (Å²) in [6.45, 7) is 0. The maximum Gasteiger partial charge on any atom is 0.127 e. The van der Waals surface area contributed by atoms with Gasteiger partial charge in [-0.05, 0) is 25.0 Å². The lowest BCUT2D eigenvalue weighted by Crippen LogP contribution is -1.98. The first-order valence-electron chi connectivity index (χ1n) is 4.85. The van der Waals surface area contributed by atoms with Gasteiger partial charge in [0, 0.05) is 17.4 Å². The normalized spacial score (nSPS) is 16.6. The molecule has 14 heavy (non-hydrogen) atoms. The van der Waals surface area contributed by atoms with E-state index in [0.717, 1.165) is 24.7 Å². The molecule has 0 amide bonds. The highest BCUT2D eigenvalue weighted by molar-refractivity contribution is 5.64. The summed E-state index contributed by atoms with van der Waals surface area (Å²) >= 11 is 0. The van der Waals surface area contributed by atoms with Gasteiger partial charge in [0.05, 0.1) is 0 Å². The van der Waals surface area contributed by atoms with Crippen molar-refractivity contribution >= 4 is 6.29 Å². The summed E-state index contributed by atoms with van der Waals surface area (Å²) in [5, 5.41) is 0. The molecule has 0 radical (unpaired) electrons. The van der Waals surface area contributed by atoms with Crippen molar-refractivity contribution in [2.24, 2.45) is 5.41 Å². The molecule has 1 aliphatic rings. The molecule has 2 rings (SSSR count). The summed E-state index contributed by atoms with van der Waals surface area (Å²) in [5.41, 5.74) is 0.941. The van der Waals surface area contributed by atoms with Gasteiger partial charge in [0.25, 0.3) is 0 Å². The molecular formula is C13H12O. The molecule has 1 heteroatoms. The van der Waals surface area contributed by atoms with Crippen LogP contribution in [0.3, 0.4) is 0 Å². The van der Waals surface area contributed by atoms with Crippen LogP contribution in [0.5, 0.6) is 0 Å². The smallest absolute Gasteiger partial charge is 0.127 e. The Balaban J connectivity index is 1.98. The minimum Gasteiger partial charge on any atom is -0.303 e. The SMILES string of the molecule is O=CC1(CC#Cc2ccccc2)CC1. The molecule has 0 heterocycles. The van der Waals surface area contributed by atoms with Crippen LogP contribution in [0, 0.1) is 17.3 Å². The number of hydrogen-bond donors (Lipinski definition) is 0. The highest BCUT2D eigenvalue weighted by Gasteiger charge is 2.41. The highest BCUT2D eigenvalue weighted by Crippen LogP contribution is 2.46. The molecule has 0 aromatic heterocycles. The second-order valence-electron chi connectivity index (χ2n) is 3.82. The van der Waals surface area contributed by atoms with Gasteiger partial charge >= 0.3 is 0 Å². The van der Waals surface area contributed by atoms with Crippen molar-refractivity contribution < 1.29 is 4.79 Å². The predicted octanol–water partition coefficient (Wildman–Crippen LogP) is 2.41. The van der Waals surface area contributed by atoms with Crippen molar-refractivity contribution in [3.63, 3.8) is 0 Å². The lowest BCUT2D eigenvalue weighted by atomic mass is 10.1. The van der Waals surface area contributed by atoms with Crippen molar-refractivity contribution in [3.8, 4) is 11.8 Å². The van der Waals surface area contributed by atoms with Gasteiger partial charge in [-0.25, -0.2) is 0 Å². The van der Waals surface area contributed by atoms with E-state index in [1.807, 2.05) is 30.3 Å². The third kappa shape index (κ3) is 2.03. The van der Waals surface area contributed by atoms with Gasteiger partial charge in [-0.3, -0.25) is 0 Å². The summed E-state index contributed by atoms with van der Waals surface area (Å²) < 4.78 is 0. The summed E-state index contributed by atoms with van der Waals surface area (Å²) in [6, 6.07) is 9.87. The van der Waals surface area contributed by atoms with E-state index in [4.69, 9.17) is 0 Å². The van der Waals surface area contributed by atoms with Gasteiger partial charge in [0.2, 0.25) is 0 Å². The van der Waals surface area contributed by atoms with Gasteiger partial charge in [-0.2, -0.15) is 0 Å². The molecule has 1 aromatic carbocycles. The fourth-order valence-corrected chi connectivity index (χ4v) is 1.34. The van der Waals surface area contributed by atoms with Crippen molar-refractivity contribution in [1.29, 1.82) is 0 Å². The molecule has 0 atom stereocenters. The maximum absolute atomic E-state index is 10.7. The number of rotatable bonds is 2. The second kappa shape index (κ2) is 3.67. The lowest BCUT2D eigenvalue weighted by Gasteiger charge is -1.96. The van der Waals surface area contributed by atoms with Gasteiger partial charge < -0.3 is 4.79 Å². The summed E-state index contributed by atoms with van der Waals surface area (Å²) in [5.74, 6) is 6.14. The topological polar surface area (TPSA) is 17.1 Å². The monoisotopic (exact) mass is 184 g/mol. The molecule has 0 aliphatic heterocycles. The zero-order valence-corrected chi connectivity index (χ0v) is 7.99. The van der Waals surface area contributed by atoms with Gasteiger partial charge in [0.15, 0.2) is 0 Å². The summed E-state index contributed by atoms with van der Waals surface area (Å²) in [7, 11) is 0. The maximum atomic E-state index is 10.7. The Morgan fingerprint density at radius 3 is 2.57 bits per heavy atom. The Bertz CT molecular complexity index is 377. The fraction of sp³-hybridized carbons (Fsp3) is 0.308. The van der Waals surface area contributed by atoms with Crippen molar-refractivity contribution in [3.05, 3.63) is 35.9 Å². The first-order chi connectivity index (χ1) is 6.85. The van der Waals surface area contributed by atoms with Gasteiger partial charge in [0.1, 0.15) is 6.29 Å². The third-order valence-electron chi connectivity index (χ3n) is 2.59. The number of aldehydes is 1. The molecule has 70 valence electrons. The van der Waals surface area contributed by atoms with E-state index in [-0.39, 0.29) is 5.41 Å². The van der Waals surface area contributed by atoms with E-state index in [9.17, 15) is 4.79 Å². The van der Waals surface area contributed by atoms with E-state index < -0.39 is 0 Å². The van der Waals surface area contributed by atoms with Crippen LogP contribution >= 0.6 is 0 Å². The van der Waals surface area contributed by atoms with Crippen molar-refractivity contribution in [2.75, 3.05) is 0 Å². The van der Waals surface area contributed by atoms with E-state index >= 15 is 0 Å². The second-order valence-corrected chi connectivity index (χ2v) is 3.82. The number of benzene rings is 1. The van der Waals surface area contributed by atoms with E-state index in [2.05, 4.69) is 11.8 Å².